The van der Waals surface area contributed by atoms with E-state index in [4.69, 9.17) is 0 Å². The Morgan fingerprint density at radius 2 is 1.90 bits per heavy atom. The van der Waals surface area contributed by atoms with E-state index in [2.05, 4.69) is 25.7 Å². The number of likely N-dealkylation sites (tertiary alicyclic amines) is 1. The van der Waals surface area contributed by atoms with Crippen LogP contribution in [-0.4, -0.2) is 29.3 Å². The summed E-state index contributed by atoms with van der Waals surface area (Å²) in [6.45, 7) is 9.02. The van der Waals surface area contributed by atoms with Gasteiger partial charge in [-0.1, -0.05) is 6.07 Å². The van der Waals surface area contributed by atoms with Crippen LogP contribution >= 0.6 is 0 Å². The molecule has 1 aliphatic heterocycles. The van der Waals surface area contributed by atoms with Gasteiger partial charge in [-0.25, -0.2) is 8.78 Å². The minimum absolute atomic E-state index is 0.0606. The Bertz CT molecular complexity index is 522. The molecule has 1 saturated heterocycles. The topological polar surface area (TPSA) is 20.3 Å². The molecule has 0 radical (unpaired) electrons. The van der Waals surface area contributed by atoms with E-state index in [9.17, 15) is 13.6 Å². The molecule has 4 heteroatoms. The van der Waals surface area contributed by atoms with Crippen LogP contribution in [-0.2, 0) is 4.79 Å². The molecule has 2 rings (SSSR count). The number of nitrogens with zero attached hydrogens (tertiary/aromatic N) is 1. The number of halogens is 2. The fourth-order valence-corrected chi connectivity index (χ4v) is 2.88. The van der Waals surface area contributed by atoms with E-state index in [0.717, 1.165) is 6.07 Å². The van der Waals surface area contributed by atoms with Gasteiger partial charge in [-0.3, -0.25) is 9.69 Å². The molecule has 1 heterocycles. The van der Waals surface area contributed by atoms with Crippen LogP contribution in [0.5, 0.6) is 0 Å². The zero-order chi connectivity index (χ0) is 15.1. The number of rotatable bonds is 2. The summed E-state index contributed by atoms with van der Waals surface area (Å²) in [5.41, 5.74) is 0.372. The molecule has 1 aliphatic rings. The Hall–Kier alpha value is -1.29. The van der Waals surface area contributed by atoms with Crippen LogP contribution in [0.1, 0.15) is 39.2 Å². The van der Waals surface area contributed by atoms with Gasteiger partial charge in [0, 0.05) is 36.5 Å². The molecule has 0 amide bonds. The van der Waals surface area contributed by atoms with Gasteiger partial charge in [-0.05, 0) is 39.3 Å². The molecule has 0 bridgehead atoms. The lowest BCUT2D eigenvalue weighted by Gasteiger charge is -2.31. The summed E-state index contributed by atoms with van der Waals surface area (Å²) in [6, 6.07) is 3.62. The molecular weight excluding hydrogens is 260 g/mol. The summed E-state index contributed by atoms with van der Waals surface area (Å²) < 4.78 is 27.0. The number of carbonyl (C=O) groups is 1. The Labute approximate surface area is 118 Å². The number of hydrogen-bond acceptors (Lipinski definition) is 2. The van der Waals surface area contributed by atoms with E-state index < -0.39 is 11.6 Å². The third-order valence-corrected chi connectivity index (χ3v) is 4.15. The van der Waals surface area contributed by atoms with Crippen molar-refractivity contribution in [2.24, 2.45) is 5.92 Å². The molecule has 1 aromatic carbocycles. The fraction of sp³-hybridized carbons (Fsp3) is 0.562. The number of hydrogen-bond donors (Lipinski definition) is 0. The lowest BCUT2D eigenvalue weighted by molar-refractivity contribution is -0.120. The number of Topliss-reactive ketones (excluding diaryl/α,β-unsaturated/α-hetero) is 1. The smallest absolute Gasteiger partial charge is 0.134 e. The fourth-order valence-electron chi connectivity index (χ4n) is 2.88. The Balaban J connectivity index is 2.35. The molecule has 110 valence electrons. The van der Waals surface area contributed by atoms with Crippen molar-refractivity contribution in [1.82, 2.24) is 4.90 Å². The summed E-state index contributed by atoms with van der Waals surface area (Å²) in [5.74, 6) is -1.51. The lowest BCUT2D eigenvalue weighted by atomic mass is 9.86. The first-order valence-electron chi connectivity index (χ1n) is 6.90. The van der Waals surface area contributed by atoms with Crippen LogP contribution in [0.4, 0.5) is 8.78 Å². The molecule has 0 aliphatic carbocycles. The molecule has 0 aromatic heterocycles. The number of carbonyl (C=O) groups excluding carboxylic acids is 1. The first-order chi connectivity index (χ1) is 9.20. The Kier molecular flexibility index (Phi) is 3.96. The molecule has 2 atom stereocenters. The predicted molar refractivity (Wildman–Crippen MR) is 74.6 cm³/mol. The Morgan fingerprint density at radius 3 is 2.40 bits per heavy atom. The van der Waals surface area contributed by atoms with Crippen LogP contribution in [0.15, 0.2) is 18.2 Å². The maximum atomic E-state index is 14.0. The van der Waals surface area contributed by atoms with Crippen LogP contribution in [0, 0.1) is 17.6 Å². The van der Waals surface area contributed by atoms with Crippen molar-refractivity contribution in [3.05, 3.63) is 35.4 Å². The molecular formula is C16H21F2NO. The van der Waals surface area contributed by atoms with Gasteiger partial charge in [0.2, 0.25) is 0 Å². The van der Waals surface area contributed by atoms with Gasteiger partial charge in [0.15, 0.2) is 0 Å². The van der Waals surface area contributed by atoms with Gasteiger partial charge in [0.05, 0.1) is 0 Å². The number of benzene rings is 1. The highest BCUT2D eigenvalue weighted by Gasteiger charge is 2.41. The third kappa shape index (κ3) is 2.90. The van der Waals surface area contributed by atoms with Crippen molar-refractivity contribution >= 4 is 5.78 Å². The van der Waals surface area contributed by atoms with E-state index in [0.29, 0.717) is 18.7 Å². The molecule has 1 fully saturated rings. The van der Waals surface area contributed by atoms with Gasteiger partial charge in [-0.15, -0.1) is 0 Å². The standard InChI is InChI=1S/C16H21F2NO/c1-10(20)13-8-19(16(2,3)4)9-14(13)12-6-5-11(17)7-15(12)18/h5-7,13-14H,8-9H2,1-4H3/t13-,14-/m0/s1. The van der Waals surface area contributed by atoms with Gasteiger partial charge >= 0.3 is 0 Å². The molecule has 0 spiro atoms. The normalized spacial score (nSPS) is 24.1. The first-order valence-corrected chi connectivity index (χ1v) is 6.90. The second kappa shape index (κ2) is 5.24. The van der Waals surface area contributed by atoms with Crippen molar-refractivity contribution in [2.45, 2.75) is 39.2 Å². The van der Waals surface area contributed by atoms with Crippen molar-refractivity contribution < 1.29 is 13.6 Å². The number of ketones is 1. The van der Waals surface area contributed by atoms with Crippen molar-refractivity contribution in [2.75, 3.05) is 13.1 Å². The summed E-state index contributed by atoms with van der Waals surface area (Å²) in [4.78, 5) is 14.0. The molecule has 1 aromatic rings. The van der Waals surface area contributed by atoms with Crippen molar-refractivity contribution in [1.29, 1.82) is 0 Å². The summed E-state index contributed by atoms with van der Waals surface area (Å²) in [5, 5.41) is 0. The predicted octanol–water partition coefficient (Wildman–Crippen LogP) is 3.37. The highest BCUT2D eigenvalue weighted by Crippen LogP contribution is 2.37. The van der Waals surface area contributed by atoms with E-state index in [1.165, 1.54) is 12.1 Å². The highest BCUT2D eigenvalue weighted by atomic mass is 19.1. The van der Waals surface area contributed by atoms with Gasteiger partial charge in [0.25, 0.3) is 0 Å². The van der Waals surface area contributed by atoms with E-state index in [1.807, 2.05) is 0 Å². The largest absolute Gasteiger partial charge is 0.300 e. The highest BCUT2D eigenvalue weighted by molar-refractivity contribution is 5.80. The average Bonchev–Trinajstić information content (AvgIpc) is 2.73. The second-order valence-electron chi connectivity index (χ2n) is 6.57. The average molecular weight is 281 g/mol. The summed E-state index contributed by atoms with van der Waals surface area (Å²) in [7, 11) is 0. The molecule has 0 N–H and O–H groups in total. The van der Waals surface area contributed by atoms with E-state index >= 15 is 0 Å². The zero-order valence-electron chi connectivity index (χ0n) is 12.4. The maximum absolute atomic E-state index is 14.0. The summed E-state index contributed by atoms with van der Waals surface area (Å²) in [6.07, 6.45) is 0. The van der Waals surface area contributed by atoms with E-state index in [-0.39, 0.29) is 23.2 Å². The van der Waals surface area contributed by atoms with E-state index in [1.54, 1.807) is 6.92 Å². The molecule has 2 nitrogen and oxygen atoms in total. The SMILES string of the molecule is CC(=O)[C@@H]1CN(C(C)(C)C)C[C@H]1c1ccc(F)cc1F. The van der Waals surface area contributed by atoms with Crippen LogP contribution in [0.3, 0.4) is 0 Å². The Morgan fingerprint density at radius 1 is 1.25 bits per heavy atom. The van der Waals surface area contributed by atoms with Crippen molar-refractivity contribution in [3.8, 4) is 0 Å². The minimum atomic E-state index is -0.587. The lowest BCUT2D eigenvalue weighted by Crippen LogP contribution is -2.40. The monoisotopic (exact) mass is 281 g/mol. The quantitative estimate of drug-likeness (QED) is 0.828. The molecule has 20 heavy (non-hydrogen) atoms. The van der Waals surface area contributed by atoms with Crippen LogP contribution in [0.2, 0.25) is 0 Å². The van der Waals surface area contributed by atoms with Gasteiger partial charge < -0.3 is 0 Å². The minimum Gasteiger partial charge on any atom is -0.300 e. The van der Waals surface area contributed by atoms with Gasteiger partial charge in [-0.2, -0.15) is 0 Å². The summed E-state index contributed by atoms with van der Waals surface area (Å²) >= 11 is 0. The molecule has 0 unspecified atom stereocenters. The second-order valence-corrected chi connectivity index (χ2v) is 6.57. The van der Waals surface area contributed by atoms with Crippen LogP contribution in [0.25, 0.3) is 0 Å². The van der Waals surface area contributed by atoms with Crippen molar-refractivity contribution in [3.63, 3.8) is 0 Å². The van der Waals surface area contributed by atoms with Gasteiger partial charge in [0.1, 0.15) is 17.4 Å². The maximum Gasteiger partial charge on any atom is 0.134 e. The first kappa shape index (κ1) is 15.1. The third-order valence-electron chi connectivity index (χ3n) is 4.15. The molecule has 0 saturated carbocycles. The van der Waals surface area contributed by atoms with Crippen LogP contribution < -0.4 is 0 Å². The zero-order valence-corrected chi connectivity index (χ0v) is 12.4.